The molecule has 0 unspecified atom stereocenters. The molecular weight excluding hydrogens is 306 g/mol. The largest absolute Gasteiger partial charge is 0.322 e. The number of nitrogens with zero attached hydrogens (tertiary/aromatic N) is 3. The van der Waals surface area contributed by atoms with Crippen molar-refractivity contribution in [3.8, 4) is 6.07 Å². The van der Waals surface area contributed by atoms with Crippen molar-refractivity contribution < 1.29 is 8.78 Å². The number of hydrogen-bond acceptors (Lipinski definition) is 4. The molecule has 1 aromatic carbocycles. The molecule has 1 aromatic heterocycles. The fourth-order valence-corrected chi connectivity index (χ4v) is 1.54. The van der Waals surface area contributed by atoms with Crippen LogP contribution in [-0.2, 0) is 0 Å². The van der Waals surface area contributed by atoms with Gasteiger partial charge in [-0.3, -0.25) is 0 Å². The maximum absolute atomic E-state index is 13.5. The van der Waals surface area contributed by atoms with E-state index in [1.165, 1.54) is 12.3 Å². The molecule has 0 aliphatic heterocycles. The number of aromatic nitrogens is 2. The average Bonchev–Trinajstić information content (AvgIpc) is 2.36. The maximum atomic E-state index is 13.5. The average molecular weight is 311 g/mol. The van der Waals surface area contributed by atoms with Gasteiger partial charge in [0.1, 0.15) is 23.4 Å². The highest BCUT2D eigenvalue weighted by Crippen LogP contribution is 2.24. The molecule has 0 bridgehead atoms. The summed E-state index contributed by atoms with van der Waals surface area (Å²) >= 11 is 2.87. The standard InChI is InChI=1S/C11H5BrF2N4/c12-7-3-9(14)10(4-8(7)13)18-11-16-2-1-6(5-15)17-11/h1-4H,(H,16,17,18). The quantitative estimate of drug-likeness (QED) is 0.866. The van der Waals surface area contributed by atoms with Gasteiger partial charge in [0.2, 0.25) is 5.95 Å². The Balaban J connectivity index is 2.34. The van der Waals surface area contributed by atoms with Crippen molar-refractivity contribution in [1.82, 2.24) is 9.97 Å². The van der Waals surface area contributed by atoms with Crippen molar-refractivity contribution in [3.05, 3.63) is 46.2 Å². The summed E-state index contributed by atoms with van der Waals surface area (Å²) in [5.74, 6) is -1.25. The van der Waals surface area contributed by atoms with E-state index in [0.717, 1.165) is 12.1 Å². The highest BCUT2D eigenvalue weighted by molar-refractivity contribution is 9.10. The lowest BCUT2D eigenvalue weighted by atomic mass is 10.3. The van der Waals surface area contributed by atoms with Crippen molar-refractivity contribution in [2.75, 3.05) is 5.32 Å². The molecule has 0 aliphatic carbocycles. The van der Waals surface area contributed by atoms with E-state index in [1.54, 1.807) is 0 Å². The van der Waals surface area contributed by atoms with E-state index in [0.29, 0.717) is 0 Å². The zero-order valence-electron chi connectivity index (χ0n) is 8.78. The van der Waals surface area contributed by atoms with Gasteiger partial charge in [-0.2, -0.15) is 5.26 Å². The molecule has 1 heterocycles. The summed E-state index contributed by atoms with van der Waals surface area (Å²) in [4.78, 5) is 7.60. The first-order chi connectivity index (χ1) is 8.60. The zero-order valence-corrected chi connectivity index (χ0v) is 10.4. The Morgan fingerprint density at radius 3 is 2.78 bits per heavy atom. The fraction of sp³-hybridized carbons (Fsp3) is 0. The van der Waals surface area contributed by atoms with Crippen LogP contribution in [0.2, 0.25) is 0 Å². The molecule has 2 aromatic rings. The monoisotopic (exact) mass is 310 g/mol. The van der Waals surface area contributed by atoms with Crippen LogP contribution in [0.4, 0.5) is 20.4 Å². The van der Waals surface area contributed by atoms with Gasteiger partial charge in [-0.15, -0.1) is 0 Å². The third-order valence-corrected chi connectivity index (χ3v) is 2.63. The molecule has 4 nitrogen and oxygen atoms in total. The molecule has 0 radical (unpaired) electrons. The van der Waals surface area contributed by atoms with E-state index in [-0.39, 0.29) is 21.8 Å². The van der Waals surface area contributed by atoms with E-state index in [9.17, 15) is 8.78 Å². The van der Waals surface area contributed by atoms with Crippen LogP contribution in [0.5, 0.6) is 0 Å². The topological polar surface area (TPSA) is 61.6 Å². The van der Waals surface area contributed by atoms with E-state index < -0.39 is 11.6 Å². The second-order valence-electron chi connectivity index (χ2n) is 3.25. The van der Waals surface area contributed by atoms with Crippen molar-refractivity contribution in [2.24, 2.45) is 0 Å². The van der Waals surface area contributed by atoms with Crippen LogP contribution in [0.3, 0.4) is 0 Å². The lowest BCUT2D eigenvalue weighted by Gasteiger charge is -2.06. The minimum Gasteiger partial charge on any atom is -0.322 e. The van der Waals surface area contributed by atoms with Crippen molar-refractivity contribution in [1.29, 1.82) is 5.26 Å². The van der Waals surface area contributed by atoms with Crippen LogP contribution < -0.4 is 5.32 Å². The Morgan fingerprint density at radius 2 is 2.06 bits per heavy atom. The fourth-order valence-electron chi connectivity index (χ4n) is 1.22. The Labute approximate surface area is 109 Å². The van der Waals surface area contributed by atoms with E-state index >= 15 is 0 Å². The Kier molecular flexibility index (Phi) is 3.48. The molecule has 0 saturated carbocycles. The van der Waals surface area contributed by atoms with Crippen LogP contribution in [0.25, 0.3) is 0 Å². The van der Waals surface area contributed by atoms with Gasteiger partial charge in [0, 0.05) is 12.3 Å². The summed E-state index contributed by atoms with van der Waals surface area (Å²) in [6, 6.07) is 5.19. The predicted molar refractivity (Wildman–Crippen MR) is 64.1 cm³/mol. The molecule has 90 valence electrons. The molecule has 0 amide bonds. The Bertz CT molecular complexity index is 639. The molecule has 18 heavy (non-hydrogen) atoms. The van der Waals surface area contributed by atoms with Gasteiger partial charge in [0.25, 0.3) is 0 Å². The van der Waals surface area contributed by atoms with Gasteiger partial charge < -0.3 is 5.32 Å². The third-order valence-electron chi connectivity index (χ3n) is 2.03. The van der Waals surface area contributed by atoms with Crippen LogP contribution >= 0.6 is 15.9 Å². The highest BCUT2D eigenvalue weighted by Gasteiger charge is 2.09. The molecule has 1 N–H and O–H groups in total. The number of nitriles is 1. The van der Waals surface area contributed by atoms with Gasteiger partial charge in [0.05, 0.1) is 10.2 Å². The van der Waals surface area contributed by atoms with Crippen LogP contribution in [-0.4, -0.2) is 9.97 Å². The van der Waals surface area contributed by atoms with Crippen LogP contribution in [0.15, 0.2) is 28.9 Å². The van der Waals surface area contributed by atoms with Gasteiger partial charge >= 0.3 is 0 Å². The molecule has 0 spiro atoms. The summed E-state index contributed by atoms with van der Waals surface area (Å²) in [5.41, 5.74) is 0.0243. The maximum Gasteiger partial charge on any atom is 0.228 e. The Morgan fingerprint density at radius 1 is 1.28 bits per heavy atom. The first-order valence-electron chi connectivity index (χ1n) is 4.75. The molecule has 0 atom stereocenters. The highest BCUT2D eigenvalue weighted by atomic mass is 79.9. The van der Waals surface area contributed by atoms with Gasteiger partial charge in [-0.25, -0.2) is 18.7 Å². The summed E-state index contributed by atoms with van der Waals surface area (Å²) in [7, 11) is 0. The summed E-state index contributed by atoms with van der Waals surface area (Å²) < 4.78 is 26.8. The predicted octanol–water partition coefficient (Wildman–Crippen LogP) is 3.13. The van der Waals surface area contributed by atoms with Gasteiger partial charge in [-0.05, 0) is 28.1 Å². The van der Waals surface area contributed by atoms with Gasteiger partial charge in [0.15, 0.2) is 0 Å². The second-order valence-corrected chi connectivity index (χ2v) is 4.10. The number of hydrogen-bond donors (Lipinski definition) is 1. The summed E-state index contributed by atoms with van der Waals surface area (Å²) in [6.45, 7) is 0. The molecule has 0 saturated heterocycles. The normalized spacial score (nSPS) is 9.89. The minimum atomic E-state index is -0.658. The SMILES string of the molecule is N#Cc1ccnc(Nc2cc(F)c(Br)cc2F)n1. The van der Waals surface area contributed by atoms with Gasteiger partial charge in [-0.1, -0.05) is 0 Å². The summed E-state index contributed by atoms with van der Waals surface area (Å²) in [6.07, 6.45) is 1.35. The first-order valence-corrected chi connectivity index (χ1v) is 5.54. The molecule has 0 fully saturated rings. The van der Waals surface area contributed by atoms with E-state index in [2.05, 4.69) is 31.2 Å². The van der Waals surface area contributed by atoms with E-state index in [4.69, 9.17) is 5.26 Å². The smallest absolute Gasteiger partial charge is 0.228 e. The van der Waals surface area contributed by atoms with E-state index in [1.807, 2.05) is 6.07 Å². The zero-order chi connectivity index (χ0) is 13.1. The van der Waals surface area contributed by atoms with Crippen molar-refractivity contribution >= 4 is 27.6 Å². The molecule has 2 rings (SSSR count). The molecular formula is C11H5BrF2N4. The number of anilines is 2. The molecule has 7 heteroatoms. The number of benzene rings is 1. The van der Waals surface area contributed by atoms with Crippen LogP contribution in [0.1, 0.15) is 5.69 Å². The number of halogens is 3. The second kappa shape index (κ2) is 5.06. The minimum absolute atomic E-state index is 0.0228. The lowest BCUT2D eigenvalue weighted by Crippen LogP contribution is -2.00. The third kappa shape index (κ3) is 2.60. The van der Waals surface area contributed by atoms with Crippen molar-refractivity contribution in [2.45, 2.75) is 0 Å². The number of nitrogens with one attached hydrogen (secondary N) is 1. The Hall–Kier alpha value is -2.07. The van der Waals surface area contributed by atoms with Crippen LogP contribution in [0, 0.1) is 23.0 Å². The van der Waals surface area contributed by atoms with Crippen molar-refractivity contribution in [3.63, 3.8) is 0 Å². The molecule has 0 aliphatic rings. The lowest BCUT2D eigenvalue weighted by molar-refractivity contribution is 0.597. The number of rotatable bonds is 2. The first kappa shape index (κ1) is 12.4. The summed E-state index contributed by atoms with van der Waals surface area (Å²) in [5, 5.41) is 11.2.